The number of aliphatic hydroxyl groups is 9. The van der Waals surface area contributed by atoms with Crippen LogP contribution >= 0.6 is 0 Å². The molecule has 15 heteroatoms. The average Bonchev–Trinajstić information content (AvgIpc) is 3.34. The summed E-state index contributed by atoms with van der Waals surface area (Å²) in [5.74, 6) is -0.353. The van der Waals surface area contributed by atoms with Gasteiger partial charge in [-0.15, -0.1) is 0 Å². The molecule has 0 aromatic heterocycles. The van der Waals surface area contributed by atoms with Gasteiger partial charge in [0.25, 0.3) is 0 Å². The van der Waals surface area contributed by atoms with Crippen LogP contribution < -0.4 is 0 Å². The van der Waals surface area contributed by atoms with Crippen LogP contribution in [0.1, 0.15) is 106 Å². The highest BCUT2D eigenvalue weighted by Gasteiger charge is 2.69. The lowest BCUT2D eigenvalue weighted by Crippen LogP contribution is -2.60. The van der Waals surface area contributed by atoms with Crippen molar-refractivity contribution in [3.05, 3.63) is 11.6 Å². The summed E-state index contributed by atoms with van der Waals surface area (Å²) >= 11 is 0. The van der Waals surface area contributed by atoms with E-state index in [2.05, 4.69) is 33.8 Å². The van der Waals surface area contributed by atoms with Crippen LogP contribution in [-0.2, 0) is 23.7 Å². The van der Waals surface area contributed by atoms with Gasteiger partial charge in [-0.3, -0.25) is 4.79 Å². The first-order chi connectivity index (χ1) is 26.6. The highest BCUT2D eigenvalue weighted by molar-refractivity contribution is 5.77. The first-order valence-electron chi connectivity index (χ1n) is 21.2. The van der Waals surface area contributed by atoms with Gasteiger partial charge in [0, 0.05) is 0 Å². The van der Waals surface area contributed by atoms with Crippen LogP contribution in [0.5, 0.6) is 0 Å². The summed E-state index contributed by atoms with van der Waals surface area (Å²) in [7, 11) is 0. The van der Waals surface area contributed by atoms with Gasteiger partial charge in [-0.05, 0) is 118 Å². The molecule has 0 unspecified atom stereocenters. The highest BCUT2D eigenvalue weighted by atomic mass is 16.7. The number of carboxylic acid groups (broad SMARTS) is 1. The third kappa shape index (κ3) is 7.89. The number of ether oxygens (including phenoxy) is 4. The van der Waals surface area contributed by atoms with Crippen molar-refractivity contribution in [2.75, 3.05) is 13.2 Å². The first-order valence-corrected chi connectivity index (χ1v) is 21.2. The Hall–Kier alpha value is -1.31. The fourth-order valence-corrected chi connectivity index (χ4v) is 12.5. The van der Waals surface area contributed by atoms with Crippen LogP contribution in [0.15, 0.2) is 11.6 Å². The minimum atomic E-state index is -1.61. The van der Waals surface area contributed by atoms with Crippen molar-refractivity contribution in [1.29, 1.82) is 0 Å². The van der Waals surface area contributed by atoms with E-state index < -0.39 is 115 Å². The Morgan fingerprint density at radius 3 is 2.02 bits per heavy atom. The van der Waals surface area contributed by atoms with E-state index in [1.165, 1.54) is 5.57 Å². The van der Waals surface area contributed by atoms with E-state index in [0.29, 0.717) is 25.7 Å². The molecule has 2 heterocycles. The van der Waals surface area contributed by atoms with E-state index in [0.717, 1.165) is 38.5 Å². The van der Waals surface area contributed by atoms with Crippen LogP contribution in [-0.4, -0.2) is 149 Å². The zero-order valence-electron chi connectivity index (χ0n) is 34.4. The predicted molar refractivity (Wildman–Crippen MR) is 203 cm³/mol. The van der Waals surface area contributed by atoms with Crippen LogP contribution in [0.2, 0.25) is 0 Å². The van der Waals surface area contributed by atoms with Crippen molar-refractivity contribution in [1.82, 2.24) is 0 Å². The summed E-state index contributed by atoms with van der Waals surface area (Å²) in [4.78, 5) is 13.8. The van der Waals surface area contributed by atoms with Gasteiger partial charge in [0.2, 0.25) is 0 Å². The fraction of sp³-hybridized carbons (Fsp3) is 0.929. The maximum absolute atomic E-state index is 13.8. The Labute approximate surface area is 336 Å². The predicted octanol–water partition coefficient (Wildman–Crippen LogP) is 1.21. The SMILES string of the molecule is C[C@H](CC[C@H](O[C@@H]1O[C@H](CO)[C@@H](O)[C@H](O)[C@H]1O)C(C)(C)O)[C@H]1CC[C@@]2(C(=O)O)[C@@H]3CC[C@@H]4C(=CC[C@@H](O[C@@H]5O[C@H](CO)[C@@H](O)[C@H](O)[C@H]5O)C4(C)C)C[C@H]3CC[C@]12C. The first kappa shape index (κ1) is 45.2. The van der Waals surface area contributed by atoms with Crippen molar-refractivity contribution in [3.63, 3.8) is 0 Å². The molecule has 0 aromatic rings. The number of hydrogen-bond donors (Lipinski definition) is 10. The molecule has 10 N–H and O–H groups in total. The molecule has 6 rings (SSSR count). The zero-order chi connectivity index (χ0) is 42.0. The molecule has 5 fully saturated rings. The highest BCUT2D eigenvalue weighted by Crippen LogP contribution is 2.71. The van der Waals surface area contributed by atoms with E-state index in [-0.39, 0.29) is 29.6 Å². The summed E-state index contributed by atoms with van der Waals surface area (Å²) in [5, 5.41) is 104. The smallest absolute Gasteiger partial charge is 0.310 e. The van der Waals surface area contributed by atoms with E-state index in [1.54, 1.807) is 13.8 Å². The number of aliphatic hydroxyl groups excluding tert-OH is 8. The van der Waals surface area contributed by atoms with Gasteiger partial charge in [-0.25, -0.2) is 0 Å². The van der Waals surface area contributed by atoms with Crippen molar-refractivity contribution in [2.45, 2.75) is 185 Å². The minimum absolute atomic E-state index is 0.0447. The maximum atomic E-state index is 13.8. The van der Waals surface area contributed by atoms with E-state index in [4.69, 9.17) is 18.9 Å². The second kappa shape index (κ2) is 16.9. The molecular formula is C42H70O15. The standard InChI is InChI=1S/C42H70O15/c1-20(7-11-29(40(4,5)53)57-37-35(50)33(48)31(46)27(19-44)55-37)23-14-16-42(38(51)52)25-10-9-24-21(17-22(25)13-15-41(23,42)6)8-12-28(39(24,2)3)56-36-34(49)32(47)30(45)26(18-43)54-36/h8,20,22-37,43-50,53H,7,9-19H2,1-6H3,(H,51,52)/t20-,22-,23-,24-,25-,26-,27-,28-,29+,30-,31-,32+,33+,34-,35-,36+,37+,41-,42+/m1/s1. The van der Waals surface area contributed by atoms with Crippen molar-refractivity contribution in [3.8, 4) is 0 Å². The van der Waals surface area contributed by atoms with Gasteiger partial charge >= 0.3 is 5.97 Å². The summed E-state index contributed by atoms with van der Waals surface area (Å²) < 4.78 is 23.8. The Morgan fingerprint density at radius 2 is 1.44 bits per heavy atom. The molecular weight excluding hydrogens is 744 g/mol. The zero-order valence-corrected chi connectivity index (χ0v) is 34.4. The molecule has 15 nitrogen and oxygen atoms in total. The Balaban J connectivity index is 1.16. The molecule has 0 aromatic carbocycles. The molecule has 2 aliphatic heterocycles. The molecule has 328 valence electrons. The molecule has 0 bridgehead atoms. The number of allylic oxidation sites excluding steroid dienone is 1. The summed E-state index contributed by atoms with van der Waals surface area (Å²) in [6.45, 7) is 10.6. The topological polar surface area (TPSA) is 256 Å². The van der Waals surface area contributed by atoms with Crippen LogP contribution in [0, 0.1) is 45.8 Å². The third-order valence-electron chi connectivity index (χ3n) is 16.0. The summed E-state index contributed by atoms with van der Waals surface area (Å²) in [6.07, 6.45) is -6.33. The van der Waals surface area contributed by atoms with Crippen molar-refractivity contribution < 1.29 is 74.8 Å². The lowest BCUT2D eigenvalue weighted by atomic mass is 9.47. The minimum Gasteiger partial charge on any atom is -0.481 e. The number of fused-ring (bicyclic) bond motifs is 4. The molecule has 2 saturated heterocycles. The van der Waals surface area contributed by atoms with Crippen molar-refractivity contribution >= 4 is 5.97 Å². The van der Waals surface area contributed by atoms with Gasteiger partial charge in [-0.2, -0.15) is 0 Å². The van der Waals surface area contributed by atoms with E-state index in [1.807, 2.05) is 0 Å². The van der Waals surface area contributed by atoms with Crippen LogP contribution in [0.4, 0.5) is 0 Å². The maximum Gasteiger partial charge on any atom is 0.310 e. The molecule has 6 aliphatic rings. The van der Waals surface area contributed by atoms with Gasteiger partial charge in [0.1, 0.15) is 48.8 Å². The lowest BCUT2D eigenvalue weighted by molar-refractivity contribution is -0.322. The van der Waals surface area contributed by atoms with E-state index >= 15 is 0 Å². The van der Waals surface area contributed by atoms with Gasteiger partial charge in [0.05, 0.1) is 36.4 Å². The second-order valence-electron chi connectivity index (χ2n) is 19.8. The monoisotopic (exact) mass is 814 g/mol. The number of aliphatic carboxylic acids is 1. The van der Waals surface area contributed by atoms with Gasteiger partial charge in [0.15, 0.2) is 12.6 Å². The Bertz CT molecular complexity index is 1430. The molecule has 57 heavy (non-hydrogen) atoms. The Kier molecular flexibility index (Phi) is 13.4. The summed E-state index contributed by atoms with van der Waals surface area (Å²) in [5.41, 5.74) is -1.92. The lowest BCUT2D eigenvalue weighted by Gasteiger charge is -2.55. The molecule has 19 atom stereocenters. The molecule has 3 saturated carbocycles. The normalized spacial score (nSPS) is 47.1. The molecule has 4 aliphatic carbocycles. The number of carboxylic acids is 1. The van der Waals surface area contributed by atoms with Gasteiger partial charge in [-0.1, -0.05) is 39.3 Å². The van der Waals surface area contributed by atoms with Gasteiger partial charge < -0.3 is 70.0 Å². The largest absolute Gasteiger partial charge is 0.481 e. The molecule has 0 radical (unpaired) electrons. The number of rotatable bonds is 12. The second-order valence-corrected chi connectivity index (χ2v) is 19.8. The average molecular weight is 815 g/mol. The van der Waals surface area contributed by atoms with Crippen LogP contribution in [0.3, 0.4) is 0 Å². The summed E-state index contributed by atoms with van der Waals surface area (Å²) in [6, 6.07) is 0. The molecule has 0 amide bonds. The molecule has 0 spiro atoms. The van der Waals surface area contributed by atoms with Crippen LogP contribution in [0.25, 0.3) is 0 Å². The number of hydrogen-bond acceptors (Lipinski definition) is 14. The third-order valence-corrected chi connectivity index (χ3v) is 16.0. The quantitative estimate of drug-likeness (QED) is 0.124. The Morgan fingerprint density at radius 1 is 0.842 bits per heavy atom. The van der Waals surface area contributed by atoms with E-state index in [9.17, 15) is 55.9 Å². The van der Waals surface area contributed by atoms with Crippen molar-refractivity contribution in [2.24, 2.45) is 45.8 Å². The fourth-order valence-electron chi connectivity index (χ4n) is 12.5. The number of carbonyl (C=O) groups is 1.